The van der Waals surface area contributed by atoms with Gasteiger partial charge in [0, 0.05) is 16.5 Å². The molecule has 0 fully saturated rings. The summed E-state index contributed by atoms with van der Waals surface area (Å²) >= 11 is 2.71. The summed E-state index contributed by atoms with van der Waals surface area (Å²) < 4.78 is 18.6. The molecular weight excluding hydrogens is 548 g/mol. The summed E-state index contributed by atoms with van der Waals surface area (Å²) in [4.78, 5) is 44.7. The summed E-state index contributed by atoms with van der Waals surface area (Å²) in [5.74, 6) is 0.268. The fourth-order valence-corrected chi connectivity index (χ4v) is 6.24. The van der Waals surface area contributed by atoms with E-state index in [9.17, 15) is 14.4 Å². The number of fused-ring (bicyclic) bond motifs is 1. The molecule has 3 aromatic heterocycles. The Labute approximate surface area is 238 Å². The van der Waals surface area contributed by atoms with E-state index in [-0.39, 0.29) is 18.1 Å². The van der Waals surface area contributed by atoms with E-state index in [1.165, 1.54) is 22.7 Å². The number of allylic oxidation sites excluding steroid dienone is 1. The van der Waals surface area contributed by atoms with Crippen molar-refractivity contribution < 1.29 is 23.5 Å². The number of carbonyl (C=O) groups excluding carboxylic acids is 2. The molecule has 1 aliphatic heterocycles. The maximum Gasteiger partial charge on any atom is 0.338 e. The highest BCUT2D eigenvalue weighted by Crippen LogP contribution is 2.33. The molecule has 0 bridgehead atoms. The Bertz CT molecular complexity index is 1740. The molecule has 4 heterocycles. The molecule has 0 aliphatic carbocycles. The topological polar surface area (TPSA) is 100 Å². The van der Waals surface area contributed by atoms with Crippen LogP contribution in [-0.4, -0.2) is 29.7 Å². The number of thiazole rings is 1. The molecule has 5 rings (SSSR count). The van der Waals surface area contributed by atoms with Crippen LogP contribution in [0, 0.1) is 0 Å². The van der Waals surface area contributed by atoms with Crippen LogP contribution in [0.2, 0.25) is 0 Å². The van der Waals surface area contributed by atoms with E-state index >= 15 is 0 Å². The van der Waals surface area contributed by atoms with Gasteiger partial charge >= 0.3 is 11.9 Å². The fraction of sp³-hybridized carbons (Fsp3) is 0.267. The molecule has 206 valence electrons. The summed E-state index contributed by atoms with van der Waals surface area (Å²) in [5.41, 5.74) is 1.90. The lowest BCUT2D eigenvalue weighted by Gasteiger charge is -2.23. The summed E-state index contributed by atoms with van der Waals surface area (Å²) in [7, 11) is 0. The number of benzene rings is 1. The number of rotatable bonds is 9. The van der Waals surface area contributed by atoms with Gasteiger partial charge in [0.2, 0.25) is 0 Å². The zero-order valence-corrected chi connectivity index (χ0v) is 24.0. The van der Waals surface area contributed by atoms with Crippen LogP contribution in [0.3, 0.4) is 0 Å². The predicted octanol–water partition coefficient (Wildman–Crippen LogP) is 5.08. The highest BCUT2D eigenvalue weighted by atomic mass is 32.1. The van der Waals surface area contributed by atoms with E-state index in [1.54, 1.807) is 54.8 Å². The van der Waals surface area contributed by atoms with E-state index in [1.807, 2.05) is 30.5 Å². The molecule has 1 aromatic carbocycles. The molecule has 0 spiro atoms. The van der Waals surface area contributed by atoms with Gasteiger partial charge in [-0.2, -0.15) is 0 Å². The second-order valence-corrected chi connectivity index (χ2v) is 11.1. The number of carbonyl (C=O) groups is 2. The maximum absolute atomic E-state index is 13.7. The molecule has 8 nitrogen and oxygen atoms in total. The first-order valence-electron chi connectivity index (χ1n) is 13.0. The van der Waals surface area contributed by atoms with Crippen LogP contribution in [-0.2, 0) is 14.3 Å². The van der Waals surface area contributed by atoms with E-state index in [0.29, 0.717) is 44.3 Å². The van der Waals surface area contributed by atoms with Crippen LogP contribution in [0.25, 0.3) is 17.4 Å². The number of unbranched alkanes of at least 4 members (excludes halogenated alkanes) is 1. The maximum atomic E-state index is 13.7. The smallest absolute Gasteiger partial charge is 0.338 e. The Morgan fingerprint density at radius 2 is 1.88 bits per heavy atom. The number of hydrogen-bond acceptors (Lipinski definition) is 9. The monoisotopic (exact) mass is 576 g/mol. The van der Waals surface area contributed by atoms with Gasteiger partial charge in [-0.25, -0.2) is 14.6 Å². The molecule has 40 heavy (non-hydrogen) atoms. The number of aromatic nitrogens is 1. The highest BCUT2D eigenvalue weighted by Gasteiger charge is 2.33. The minimum Gasteiger partial charge on any atom is -0.463 e. The molecule has 0 saturated heterocycles. The predicted molar refractivity (Wildman–Crippen MR) is 154 cm³/mol. The van der Waals surface area contributed by atoms with Crippen molar-refractivity contribution in [1.29, 1.82) is 0 Å². The molecule has 0 amide bonds. The van der Waals surface area contributed by atoms with E-state index in [2.05, 4.69) is 4.99 Å². The van der Waals surface area contributed by atoms with Crippen molar-refractivity contribution in [1.82, 2.24) is 4.57 Å². The Balaban J connectivity index is 1.46. The molecule has 0 radical (unpaired) electrons. The largest absolute Gasteiger partial charge is 0.463 e. The third-order valence-electron chi connectivity index (χ3n) is 6.37. The number of thiophene rings is 1. The van der Waals surface area contributed by atoms with Gasteiger partial charge in [0.1, 0.15) is 17.6 Å². The van der Waals surface area contributed by atoms with Gasteiger partial charge in [0.25, 0.3) is 5.56 Å². The molecule has 0 unspecified atom stereocenters. The lowest BCUT2D eigenvalue weighted by atomic mass is 10.0. The molecule has 10 heteroatoms. The second kappa shape index (κ2) is 12.0. The van der Waals surface area contributed by atoms with Crippen LogP contribution >= 0.6 is 22.7 Å². The Hall–Kier alpha value is -4.02. The quantitative estimate of drug-likeness (QED) is 0.204. The number of ether oxygens (including phenoxy) is 2. The Morgan fingerprint density at radius 1 is 1.07 bits per heavy atom. The molecule has 0 saturated carbocycles. The van der Waals surface area contributed by atoms with Crippen LogP contribution in [0.15, 0.2) is 79.4 Å². The number of hydrogen-bond donors (Lipinski definition) is 0. The van der Waals surface area contributed by atoms with Crippen molar-refractivity contribution >= 4 is 40.7 Å². The summed E-state index contributed by atoms with van der Waals surface area (Å²) in [6.45, 7) is 6.18. The van der Waals surface area contributed by atoms with Crippen molar-refractivity contribution in [3.8, 4) is 11.3 Å². The van der Waals surface area contributed by atoms with Gasteiger partial charge in [-0.3, -0.25) is 9.36 Å². The van der Waals surface area contributed by atoms with Gasteiger partial charge in [-0.1, -0.05) is 42.9 Å². The lowest BCUT2D eigenvalue weighted by Crippen LogP contribution is -2.39. The first kappa shape index (κ1) is 27.5. The summed E-state index contributed by atoms with van der Waals surface area (Å²) in [5, 5.41) is 1.91. The number of nitrogens with zero attached hydrogens (tertiary/aromatic N) is 2. The summed E-state index contributed by atoms with van der Waals surface area (Å²) in [6.07, 6.45) is 3.47. The van der Waals surface area contributed by atoms with Gasteiger partial charge in [-0.15, -0.1) is 11.3 Å². The van der Waals surface area contributed by atoms with E-state index < -0.39 is 12.0 Å². The number of esters is 2. The van der Waals surface area contributed by atoms with Crippen LogP contribution in [0.4, 0.5) is 0 Å². The average molecular weight is 577 g/mol. The van der Waals surface area contributed by atoms with Crippen molar-refractivity contribution in [2.24, 2.45) is 4.99 Å². The van der Waals surface area contributed by atoms with Crippen molar-refractivity contribution in [2.45, 2.75) is 39.7 Å². The van der Waals surface area contributed by atoms with Gasteiger partial charge in [0.15, 0.2) is 4.80 Å². The highest BCUT2D eigenvalue weighted by molar-refractivity contribution is 7.10. The van der Waals surface area contributed by atoms with Crippen LogP contribution < -0.4 is 14.9 Å². The Morgan fingerprint density at radius 3 is 2.58 bits per heavy atom. The zero-order chi connectivity index (χ0) is 28.2. The van der Waals surface area contributed by atoms with Gasteiger partial charge in [0.05, 0.1) is 34.6 Å². The lowest BCUT2D eigenvalue weighted by molar-refractivity contribution is -0.139. The SMILES string of the molecule is CCCCOC(=O)c1ccc(-c2ccc(/C=c3\sc4n(c3=O)[C@@H](c3cccs3)C(C(=O)OCC)=C(C)N=4)o2)cc1. The minimum absolute atomic E-state index is 0.226. The first-order chi connectivity index (χ1) is 19.4. The Kier molecular flexibility index (Phi) is 8.27. The van der Waals surface area contributed by atoms with Crippen LogP contribution in [0.1, 0.15) is 60.7 Å². The molecule has 4 aromatic rings. The second-order valence-electron chi connectivity index (χ2n) is 9.09. The zero-order valence-electron chi connectivity index (χ0n) is 22.3. The van der Waals surface area contributed by atoms with Gasteiger partial charge < -0.3 is 13.9 Å². The van der Waals surface area contributed by atoms with Crippen molar-refractivity contribution in [3.63, 3.8) is 0 Å². The minimum atomic E-state index is -0.614. The standard InChI is InChI=1S/C30H28N2O6S2/c1-4-6-15-37-28(34)20-11-9-19(10-12-20)22-14-13-21(38-22)17-24-27(33)32-26(23-8-7-16-39-23)25(29(35)36-5-2)18(3)31-30(32)40-24/h7-14,16-17,26H,4-6,15H2,1-3H3/b24-17-/t26-/m0/s1. The van der Waals surface area contributed by atoms with Crippen LogP contribution in [0.5, 0.6) is 0 Å². The fourth-order valence-electron chi connectivity index (χ4n) is 4.39. The first-order valence-corrected chi connectivity index (χ1v) is 14.7. The number of furan rings is 1. The summed E-state index contributed by atoms with van der Waals surface area (Å²) in [6, 6.07) is 13.8. The third-order valence-corrected chi connectivity index (χ3v) is 8.27. The molecular formula is C30H28N2O6S2. The average Bonchev–Trinajstić information content (AvgIpc) is 3.70. The van der Waals surface area contributed by atoms with E-state index in [4.69, 9.17) is 13.9 Å². The molecule has 1 atom stereocenters. The van der Waals surface area contributed by atoms with Crippen molar-refractivity contribution in [2.75, 3.05) is 13.2 Å². The van der Waals surface area contributed by atoms with Crippen molar-refractivity contribution in [3.05, 3.63) is 101 Å². The van der Waals surface area contributed by atoms with E-state index in [0.717, 1.165) is 23.3 Å². The van der Waals surface area contributed by atoms with Gasteiger partial charge in [-0.05, 0) is 56.0 Å². The molecule has 0 N–H and O–H groups in total. The third kappa shape index (κ3) is 5.50. The molecule has 1 aliphatic rings. The normalized spacial score (nSPS) is 15.1.